The highest BCUT2D eigenvalue weighted by molar-refractivity contribution is 7.90. The number of hydrogen-bond donors (Lipinski definition) is 0. The smallest absolute Gasteiger partial charge is 0.264 e. The molecular formula is C11H16O3S. The minimum Gasteiger partial charge on any atom is -0.264 e. The van der Waals surface area contributed by atoms with Crippen LogP contribution < -0.4 is 0 Å². The van der Waals surface area contributed by atoms with E-state index in [0.717, 1.165) is 0 Å². The molecule has 0 aliphatic carbocycles. The maximum absolute atomic E-state index is 11.6. The zero-order chi connectivity index (χ0) is 11.9. The lowest BCUT2D eigenvalue weighted by Gasteiger charge is -2.08. The molecule has 4 heteroatoms. The fraction of sp³-hybridized carbons (Fsp3) is 0.273. The molecule has 0 aliphatic rings. The molecule has 0 fully saturated rings. The van der Waals surface area contributed by atoms with Crippen molar-refractivity contribution >= 4 is 10.1 Å². The Morgan fingerprint density at radius 2 is 1.87 bits per heavy atom. The molecular weight excluding hydrogens is 212 g/mol. The van der Waals surface area contributed by atoms with Crippen molar-refractivity contribution in [3.63, 3.8) is 0 Å². The van der Waals surface area contributed by atoms with Gasteiger partial charge in [0.15, 0.2) is 0 Å². The van der Waals surface area contributed by atoms with Gasteiger partial charge in [0.1, 0.15) is 0 Å². The van der Waals surface area contributed by atoms with Gasteiger partial charge in [-0.2, -0.15) is 8.42 Å². The van der Waals surface area contributed by atoms with Crippen molar-refractivity contribution in [2.45, 2.75) is 20.0 Å². The first kappa shape index (κ1) is 13.9. The second kappa shape index (κ2) is 6.37. The van der Waals surface area contributed by atoms with E-state index in [4.69, 9.17) is 4.18 Å². The summed E-state index contributed by atoms with van der Waals surface area (Å²) >= 11 is 0. The summed E-state index contributed by atoms with van der Waals surface area (Å²) < 4.78 is 28.0. The molecule has 0 rings (SSSR count). The molecule has 3 nitrogen and oxygen atoms in total. The molecule has 0 amide bonds. The fourth-order valence-corrected chi connectivity index (χ4v) is 1.94. The van der Waals surface area contributed by atoms with Crippen LogP contribution >= 0.6 is 0 Å². The first-order valence-corrected chi connectivity index (χ1v) is 5.90. The van der Waals surface area contributed by atoms with Crippen LogP contribution in [0, 0.1) is 0 Å². The van der Waals surface area contributed by atoms with Gasteiger partial charge < -0.3 is 0 Å². The number of hydrogen-bond acceptors (Lipinski definition) is 3. The third kappa shape index (κ3) is 5.34. The quantitative estimate of drug-likeness (QED) is 0.518. The normalized spacial score (nSPS) is 13.4. The standard InChI is InChI=1S/C11H16O3S/c1-5-7-9-11(8-6-2)15(12,13)14-10(3)4/h5-10H,1-2H2,3-4H3/b9-7-,11-8+. The lowest BCUT2D eigenvalue weighted by molar-refractivity contribution is 0.252. The fourth-order valence-electron chi connectivity index (χ4n) is 0.810. The summed E-state index contributed by atoms with van der Waals surface area (Å²) in [5.41, 5.74) is 0. The molecule has 0 spiro atoms. The van der Waals surface area contributed by atoms with E-state index in [9.17, 15) is 8.42 Å². The van der Waals surface area contributed by atoms with Gasteiger partial charge in [0.25, 0.3) is 10.1 Å². The average Bonchev–Trinajstić information content (AvgIpc) is 2.09. The molecule has 84 valence electrons. The van der Waals surface area contributed by atoms with Crippen molar-refractivity contribution in [1.29, 1.82) is 0 Å². The summed E-state index contributed by atoms with van der Waals surface area (Å²) in [4.78, 5) is 0.0612. The molecule has 0 saturated heterocycles. The Balaban J connectivity index is 5.09. The van der Waals surface area contributed by atoms with Gasteiger partial charge in [-0.1, -0.05) is 31.4 Å². The summed E-state index contributed by atoms with van der Waals surface area (Å²) in [6, 6.07) is 0. The minimum absolute atomic E-state index is 0.0612. The van der Waals surface area contributed by atoms with Gasteiger partial charge in [0.05, 0.1) is 11.0 Å². The van der Waals surface area contributed by atoms with Crippen molar-refractivity contribution in [2.75, 3.05) is 0 Å². The van der Waals surface area contributed by atoms with Gasteiger partial charge in [-0.05, 0) is 26.0 Å². The van der Waals surface area contributed by atoms with Crippen LogP contribution in [0.2, 0.25) is 0 Å². The Labute approximate surface area is 91.6 Å². The largest absolute Gasteiger partial charge is 0.297 e. The first-order chi connectivity index (χ1) is 6.94. The van der Waals surface area contributed by atoms with E-state index in [1.165, 1.54) is 30.4 Å². The van der Waals surface area contributed by atoms with Crippen LogP contribution in [-0.2, 0) is 14.3 Å². The van der Waals surface area contributed by atoms with Crippen LogP contribution in [0.15, 0.2) is 48.4 Å². The van der Waals surface area contributed by atoms with Crippen LogP contribution in [0.3, 0.4) is 0 Å². The Morgan fingerprint density at radius 1 is 1.27 bits per heavy atom. The van der Waals surface area contributed by atoms with E-state index < -0.39 is 10.1 Å². The molecule has 0 aromatic rings. The topological polar surface area (TPSA) is 43.4 Å². The molecule has 0 aliphatic heterocycles. The highest BCUT2D eigenvalue weighted by Crippen LogP contribution is 2.13. The van der Waals surface area contributed by atoms with E-state index in [1.54, 1.807) is 13.8 Å². The van der Waals surface area contributed by atoms with Gasteiger partial charge in [0.2, 0.25) is 0 Å². The summed E-state index contributed by atoms with van der Waals surface area (Å²) in [5, 5.41) is 0. The monoisotopic (exact) mass is 228 g/mol. The Kier molecular flexibility index (Phi) is 5.89. The maximum Gasteiger partial charge on any atom is 0.297 e. The molecule has 15 heavy (non-hydrogen) atoms. The molecule has 0 heterocycles. The lowest BCUT2D eigenvalue weighted by atomic mass is 10.4. The Hall–Kier alpha value is -1.13. The second-order valence-electron chi connectivity index (χ2n) is 3.00. The predicted octanol–water partition coefficient (Wildman–Crippen LogP) is 2.55. The zero-order valence-corrected chi connectivity index (χ0v) is 9.83. The van der Waals surface area contributed by atoms with Gasteiger partial charge in [-0.15, -0.1) is 0 Å². The highest BCUT2D eigenvalue weighted by atomic mass is 32.2. The van der Waals surface area contributed by atoms with E-state index in [0.29, 0.717) is 0 Å². The third-order valence-corrected chi connectivity index (χ3v) is 2.77. The highest BCUT2D eigenvalue weighted by Gasteiger charge is 2.17. The molecule has 0 N–H and O–H groups in total. The van der Waals surface area contributed by atoms with Crippen molar-refractivity contribution in [2.24, 2.45) is 0 Å². The Bertz CT molecular complexity index is 373. The van der Waals surface area contributed by atoms with Crippen molar-refractivity contribution in [3.05, 3.63) is 48.4 Å². The maximum atomic E-state index is 11.6. The molecule has 0 atom stereocenters. The van der Waals surface area contributed by atoms with Crippen LogP contribution in [0.1, 0.15) is 13.8 Å². The molecule has 0 unspecified atom stereocenters. The van der Waals surface area contributed by atoms with E-state index >= 15 is 0 Å². The van der Waals surface area contributed by atoms with E-state index in [1.807, 2.05) is 0 Å². The van der Waals surface area contributed by atoms with Gasteiger partial charge in [-0.25, -0.2) is 0 Å². The van der Waals surface area contributed by atoms with Gasteiger partial charge in [-0.3, -0.25) is 4.18 Å². The van der Waals surface area contributed by atoms with Crippen molar-refractivity contribution in [3.8, 4) is 0 Å². The number of allylic oxidation sites excluding steroid dienone is 5. The molecule has 0 bridgehead atoms. The van der Waals surface area contributed by atoms with E-state index in [-0.39, 0.29) is 11.0 Å². The molecule has 0 aromatic heterocycles. The number of rotatable bonds is 6. The summed E-state index contributed by atoms with van der Waals surface area (Å²) in [6.07, 6.45) is 6.80. The van der Waals surface area contributed by atoms with Crippen LogP contribution in [0.5, 0.6) is 0 Å². The average molecular weight is 228 g/mol. The molecule has 0 radical (unpaired) electrons. The van der Waals surface area contributed by atoms with Crippen LogP contribution in [-0.4, -0.2) is 14.5 Å². The summed E-state index contributed by atoms with van der Waals surface area (Å²) in [7, 11) is -3.70. The van der Waals surface area contributed by atoms with Crippen molar-refractivity contribution < 1.29 is 12.6 Å². The van der Waals surface area contributed by atoms with Crippen LogP contribution in [0.25, 0.3) is 0 Å². The SMILES string of the molecule is C=C/C=C\C(=C/C=C)S(=O)(=O)OC(C)C. The third-order valence-electron chi connectivity index (χ3n) is 1.29. The molecule has 0 saturated carbocycles. The van der Waals surface area contributed by atoms with Gasteiger partial charge >= 0.3 is 0 Å². The summed E-state index contributed by atoms with van der Waals surface area (Å²) in [5.74, 6) is 0. The van der Waals surface area contributed by atoms with Crippen molar-refractivity contribution in [1.82, 2.24) is 0 Å². The first-order valence-electron chi connectivity index (χ1n) is 4.49. The molecule has 0 aromatic carbocycles. The van der Waals surface area contributed by atoms with E-state index in [2.05, 4.69) is 13.2 Å². The van der Waals surface area contributed by atoms with Crippen LogP contribution in [0.4, 0.5) is 0 Å². The summed E-state index contributed by atoms with van der Waals surface area (Å²) in [6.45, 7) is 10.2. The zero-order valence-electron chi connectivity index (χ0n) is 9.01. The lowest BCUT2D eigenvalue weighted by Crippen LogP contribution is -2.13. The minimum atomic E-state index is -3.70. The Morgan fingerprint density at radius 3 is 2.27 bits per heavy atom. The predicted molar refractivity (Wildman–Crippen MR) is 62.8 cm³/mol. The second-order valence-corrected chi connectivity index (χ2v) is 4.57. The van der Waals surface area contributed by atoms with Gasteiger partial charge in [0, 0.05) is 0 Å².